The molecule has 6 nitrogen and oxygen atoms in total. The molecule has 25 heavy (non-hydrogen) atoms. The lowest BCUT2D eigenvalue weighted by Gasteiger charge is -1.97. The number of nitrogens with two attached hydrogens (primary N) is 2. The fourth-order valence-electron chi connectivity index (χ4n) is 1.78. The van der Waals surface area contributed by atoms with E-state index in [1.54, 1.807) is 54.6 Å². The summed E-state index contributed by atoms with van der Waals surface area (Å²) in [6, 6.07) is 14.9. The monoisotopic (exact) mass is 360 g/mol. The van der Waals surface area contributed by atoms with Gasteiger partial charge in [0.15, 0.2) is 11.6 Å². The SMILES string of the molecule is NC(=O)CC(=O)c1ccc(Cl)cc1.NC(=O)CC(=O)c1ccccc1. The average molecular weight is 361 g/mol. The third kappa shape index (κ3) is 7.90. The standard InChI is InChI=1S/C9H8ClNO2.C9H9NO2/c10-7-3-1-6(2-4-7)8(12)5-9(11)13;10-9(12)6-8(11)7-4-2-1-3-5-7/h1-4H,5H2,(H2,11,13);1-5H,6H2,(H2,10,12). The van der Waals surface area contributed by atoms with Crippen LogP contribution >= 0.6 is 11.6 Å². The van der Waals surface area contributed by atoms with Gasteiger partial charge in [0.1, 0.15) is 0 Å². The molecule has 0 atom stereocenters. The van der Waals surface area contributed by atoms with Gasteiger partial charge in [0.05, 0.1) is 12.8 Å². The van der Waals surface area contributed by atoms with Crippen LogP contribution < -0.4 is 11.5 Å². The average Bonchev–Trinajstić information content (AvgIpc) is 2.55. The minimum absolute atomic E-state index is 0.218. The number of rotatable bonds is 6. The van der Waals surface area contributed by atoms with Gasteiger partial charge in [-0.3, -0.25) is 19.2 Å². The second-order valence-electron chi connectivity index (χ2n) is 5.01. The summed E-state index contributed by atoms with van der Waals surface area (Å²) < 4.78 is 0. The van der Waals surface area contributed by atoms with Crippen LogP contribution in [-0.2, 0) is 9.59 Å². The maximum absolute atomic E-state index is 11.2. The van der Waals surface area contributed by atoms with Gasteiger partial charge in [-0.1, -0.05) is 41.9 Å². The zero-order valence-electron chi connectivity index (χ0n) is 13.3. The van der Waals surface area contributed by atoms with Gasteiger partial charge in [0.2, 0.25) is 11.8 Å². The molecule has 2 aromatic carbocycles. The van der Waals surface area contributed by atoms with Gasteiger partial charge in [-0.2, -0.15) is 0 Å². The third-order valence-corrected chi connectivity index (χ3v) is 3.18. The van der Waals surface area contributed by atoms with E-state index in [4.69, 9.17) is 23.1 Å². The second kappa shape index (κ2) is 10.00. The van der Waals surface area contributed by atoms with Crippen LogP contribution in [0.5, 0.6) is 0 Å². The Morgan fingerprint density at radius 1 is 0.680 bits per heavy atom. The number of benzene rings is 2. The quantitative estimate of drug-likeness (QED) is 0.605. The van der Waals surface area contributed by atoms with Crippen LogP contribution in [0.2, 0.25) is 5.02 Å². The number of hydrogen-bond acceptors (Lipinski definition) is 4. The second-order valence-corrected chi connectivity index (χ2v) is 5.44. The largest absolute Gasteiger partial charge is 0.369 e. The molecule has 0 bridgehead atoms. The maximum atomic E-state index is 11.2. The molecule has 0 aliphatic rings. The molecule has 130 valence electrons. The van der Waals surface area contributed by atoms with Crippen molar-refractivity contribution in [2.24, 2.45) is 11.5 Å². The van der Waals surface area contributed by atoms with Crippen molar-refractivity contribution >= 4 is 35.0 Å². The number of Topliss-reactive ketones (excluding diaryl/α,β-unsaturated/α-hetero) is 2. The highest BCUT2D eigenvalue weighted by Gasteiger charge is 2.08. The van der Waals surface area contributed by atoms with Crippen LogP contribution in [0.1, 0.15) is 33.6 Å². The van der Waals surface area contributed by atoms with E-state index in [2.05, 4.69) is 0 Å². The fraction of sp³-hybridized carbons (Fsp3) is 0.111. The van der Waals surface area contributed by atoms with Gasteiger partial charge in [0.25, 0.3) is 0 Å². The topological polar surface area (TPSA) is 120 Å². The Bertz CT molecular complexity index is 758. The summed E-state index contributed by atoms with van der Waals surface area (Å²) in [4.78, 5) is 43.2. The van der Waals surface area contributed by atoms with Crippen LogP contribution in [-0.4, -0.2) is 23.4 Å². The predicted molar refractivity (Wildman–Crippen MR) is 94.2 cm³/mol. The van der Waals surface area contributed by atoms with Gasteiger partial charge < -0.3 is 11.5 Å². The van der Waals surface area contributed by atoms with Gasteiger partial charge in [-0.05, 0) is 24.3 Å². The third-order valence-electron chi connectivity index (χ3n) is 2.93. The van der Waals surface area contributed by atoms with Crippen molar-refractivity contribution in [1.82, 2.24) is 0 Å². The Balaban J connectivity index is 0.000000251. The Morgan fingerprint density at radius 3 is 1.48 bits per heavy atom. The smallest absolute Gasteiger partial charge is 0.225 e. The van der Waals surface area contributed by atoms with Gasteiger partial charge in [-0.25, -0.2) is 0 Å². The van der Waals surface area contributed by atoms with Crippen molar-refractivity contribution in [3.05, 3.63) is 70.7 Å². The predicted octanol–water partition coefficient (Wildman–Crippen LogP) is 2.14. The molecule has 0 aliphatic carbocycles. The molecule has 2 rings (SSSR count). The highest BCUT2D eigenvalue weighted by atomic mass is 35.5. The summed E-state index contributed by atoms with van der Waals surface area (Å²) in [7, 11) is 0. The molecule has 0 saturated heterocycles. The summed E-state index contributed by atoms with van der Waals surface area (Å²) in [5, 5.41) is 0.552. The van der Waals surface area contributed by atoms with Crippen molar-refractivity contribution in [3.8, 4) is 0 Å². The summed E-state index contributed by atoms with van der Waals surface area (Å²) >= 11 is 5.62. The number of ketones is 2. The summed E-state index contributed by atoms with van der Waals surface area (Å²) in [6.07, 6.45) is -0.481. The number of primary amides is 2. The molecule has 0 aromatic heterocycles. The van der Waals surface area contributed by atoms with Crippen LogP contribution in [0, 0.1) is 0 Å². The van der Waals surface area contributed by atoms with E-state index in [0.717, 1.165) is 0 Å². The number of amides is 2. The maximum Gasteiger partial charge on any atom is 0.225 e. The van der Waals surface area contributed by atoms with E-state index < -0.39 is 11.8 Å². The van der Waals surface area contributed by atoms with E-state index in [1.165, 1.54) is 0 Å². The lowest BCUT2D eigenvalue weighted by molar-refractivity contribution is -0.118. The Hall–Kier alpha value is -2.99. The van der Waals surface area contributed by atoms with E-state index in [-0.39, 0.29) is 24.4 Å². The lowest BCUT2D eigenvalue weighted by atomic mass is 10.1. The molecule has 0 fully saturated rings. The van der Waals surface area contributed by atoms with Crippen molar-refractivity contribution in [2.45, 2.75) is 12.8 Å². The van der Waals surface area contributed by atoms with Gasteiger partial charge in [-0.15, -0.1) is 0 Å². The summed E-state index contributed by atoms with van der Waals surface area (Å²) in [5.74, 6) is -1.74. The highest BCUT2D eigenvalue weighted by Crippen LogP contribution is 2.10. The van der Waals surface area contributed by atoms with Crippen LogP contribution in [0.4, 0.5) is 0 Å². The van der Waals surface area contributed by atoms with Crippen molar-refractivity contribution in [2.75, 3.05) is 0 Å². The molecule has 2 amide bonds. The minimum Gasteiger partial charge on any atom is -0.369 e. The first-order valence-corrected chi connectivity index (χ1v) is 7.61. The Morgan fingerprint density at radius 2 is 1.08 bits per heavy atom. The first kappa shape index (κ1) is 20.1. The molecule has 0 saturated carbocycles. The first-order valence-electron chi connectivity index (χ1n) is 7.23. The van der Waals surface area contributed by atoms with Gasteiger partial charge >= 0.3 is 0 Å². The summed E-state index contributed by atoms with van der Waals surface area (Å²) in [5.41, 5.74) is 10.7. The van der Waals surface area contributed by atoms with Crippen LogP contribution in [0.25, 0.3) is 0 Å². The van der Waals surface area contributed by atoms with Crippen molar-refractivity contribution in [1.29, 1.82) is 0 Å². The molecular formula is C18H17ClN2O4. The van der Waals surface area contributed by atoms with E-state index in [1.807, 2.05) is 0 Å². The van der Waals surface area contributed by atoms with Crippen LogP contribution in [0.3, 0.4) is 0 Å². The molecule has 4 N–H and O–H groups in total. The van der Waals surface area contributed by atoms with Crippen molar-refractivity contribution in [3.63, 3.8) is 0 Å². The highest BCUT2D eigenvalue weighted by molar-refractivity contribution is 6.30. The Kier molecular flexibility index (Phi) is 8.02. The molecule has 0 aliphatic heterocycles. The molecule has 0 heterocycles. The number of hydrogen-bond donors (Lipinski definition) is 2. The zero-order valence-corrected chi connectivity index (χ0v) is 14.0. The normalized spacial score (nSPS) is 9.48. The molecule has 0 radical (unpaired) electrons. The molecule has 0 unspecified atom stereocenters. The van der Waals surface area contributed by atoms with E-state index in [9.17, 15) is 19.2 Å². The number of carbonyl (C=O) groups excluding carboxylic acids is 4. The molecule has 2 aromatic rings. The minimum atomic E-state index is -0.625. The first-order chi connectivity index (χ1) is 11.8. The number of carbonyl (C=O) groups is 4. The summed E-state index contributed by atoms with van der Waals surface area (Å²) in [6.45, 7) is 0. The van der Waals surface area contributed by atoms with Crippen LogP contribution in [0.15, 0.2) is 54.6 Å². The fourth-order valence-corrected chi connectivity index (χ4v) is 1.91. The van der Waals surface area contributed by atoms with Gasteiger partial charge in [0, 0.05) is 16.1 Å². The van der Waals surface area contributed by atoms with E-state index >= 15 is 0 Å². The van der Waals surface area contributed by atoms with E-state index in [0.29, 0.717) is 16.1 Å². The molecular weight excluding hydrogens is 344 g/mol. The molecule has 7 heteroatoms. The lowest BCUT2D eigenvalue weighted by Crippen LogP contribution is -2.16. The van der Waals surface area contributed by atoms with Crippen molar-refractivity contribution < 1.29 is 19.2 Å². The zero-order chi connectivity index (χ0) is 18.8. The number of halogens is 1. The Labute approximate surface area is 149 Å². The molecule has 0 spiro atoms.